The Labute approximate surface area is 121 Å². The third-order valence-corrected chi connectivity index (χ3v) is 3.28. The quantitative estimate of drug-likeness (QED) is 0.421. The summed E-state index contributed by atoms with van der Waals surface area (Å²) in [5.74, 6) is 0. The van der Waals surface area contributed by atoms with Gasteiger partial charge in [0.1, 0.15) is 0 Å². The lowest BCUT2D eigenvalue weighted by Crippen LogP contribution is -2.03. The van der Waals surface area contributed by atoms with Gasteiger partial charge in [-0.1, -0.05) is 72.1 Å². The van der Waals surface area contributed by atoms with E-state index in [0.717, 1.165) is 6.61 Å². The van der Waals surface area contributed by atoms with E-state index in [1.807, 2.05) is 0 Å². The zero-order valence-corrected chi connectivity index (χ0v) is 13.9. The van der Waals surface area contributed by atoms with Crippen molar-refractivity contribution in [3.63, 3.8) is 0 Å². The molecule has 0 aromatic heterocycles. The molecule has 0 aliphatic rings. The standard InChI is InChI=1S/C16H34O.ClH/c1-16(2,3)14-12-10-8-6-5-7-9-11-13-15-17-4;/h5-15H2,1-4H3;1H. The van der Waals surface area contributed by atoms with Crippen molar-refractivity contribution < 1.29 is 4.74 Å². The van der Waals surface area contributed by atoms with Crippen LogP contribution in [0.3, 0.4) is 0 Å². The minimum Gasteiger partial charge on any atom is -0.385 e. The molecule has 0 saturated carbocycles. The highest BCUT2D eigenvalue weighted by atomic mass is 35.5. The van der Waals surface area contributed by atoms with Crippen LogP contribution in [0.2, 0.25) is 0 Å². The SMILES string of the molecule is COCCCCCCCCCCCC(C)(C)C.Cl. The van der Waals surface area contributed by atoms with E-state index >= 15 is 0 Å². The van der Waals surface area contributed by atoms with Crippen LogP contribution in [0, 0.1) is 5.41 Å². The van der Waals surface area contributed by atoms with E-state index < -0.39 is 0 Å². The molecule has 2 heteroatoms. The van der Waals surface area contributed by atoms with Crippen LogP contribution in [0.25, 0.3) is 0 Å². The molecule has 18 heavy (non-hydrogen) atoms. The first-order valence-corrected chi connectivity index (χ1v) is 7.55. The van der Waals surface area contributed by atoms with Gasteiger partial charge in [0.2, 0.25) is 0 Å². The van der Waals surface area contributed by atoms with Gasteiger partial charge in [-0.2, -0.15) is 0 Å². The molecular weight excluding hydrogens is 244 g/mol. The van der Waals surface area contributed by atoms with Crippen molar-refractivity contribution in [3.05, 3.63) is 0 Å². The number of methoxy groups -OCH3 is 1. The number of hydrogen-bond donors (Lipinski definition) is 0. The Morgan fingerprint density at radius 3 is 1.44 bits per heavy atom. The van der Waals surface area contributed by atoms with Gasteiger partial charge in [0.25, 0.3) is 0 Å². The van der Waals surface area contributed by atoms with Gasteiger partial charge in [0.15, 0.2) is 0 Å². The number of halogens is 1. The summed E-state index contributed by atoms with van der Waals surface area (Å²) in [6, 6.07) is 0. The molecule has 1 nitrogen and oxygen atoms in total. The van der Waals surface area contributed by atoms with Gasteiger partial charge in [0, 0.05) is 13.7 Å². The van der Waals surface area contributed by atoms with Crippen LogP contribution in [0.15, 0.2) is 0 Å². The zero-order chi connectivity index (χ0) is 13.0. The van der Waals surface area contributed by atoms with Crippen LogP contribution in [-0.2, 0) is 4.74 Å². The Morgan fingerprint density at radius 1 is 0.667 bits per heavy atom. The van der Waals surface area contributed by atoms with Crippen molar-refractivity contribution in [1.29, 1.82) is 0 Å². The molecule has 0 saturated heterocycles. The highest BCUT2D eigenvalue weighted by molar-refractivity contribution is 5.85. The smallest absolute Gasteiger partial charge is 0.0462 e. The monoisotopic (exact) mass is 278 g/mol. The largest absolute Gasteiger partial charge is 0.385 e. The molecule has 0 radical (unpaired) electrons. The lowest BCUT2D eigenvalue weighted by Gasteiger charge is -2.17. The normalized spacial score (nSPS) is 11.3. The van der Waals surface area contributed by atoms with Crippen LogP contribution in [-0.4, -0.2) is 13.7 Å². The first-order valence-electron chi connectivity index (χ1n) is 7.55. The van der Waals surface area contributed by atoms with Crippen LogP contribution in [0.1, 0.15) is 85.0 Å². The van der Waals surface area contributed by atoms with Crippen LogP contribution in [0.4, 0.5) is 0 Å². The Bertz CT molecular complexity index is 152. The van der Waals surface area contributed by atoms with Gasteiger partial charge in [-0.05, 0) is 18.3 Å². The van der Waals surface area contributed by atoms with E-state index in [-0.39, 0.29) is 12.4 Å². The maximum atomic E-state index is 5.04. The van der Waals surface area contributed by atoms with E-state index in [0.29, 0.717) is 5.41 Å². The fourth-order valence-electron chi connectivity index (χ4n) is 2.14. The van der Waals surface area contributed by atoms with Crippen molar-refractivity contribution in [2.45, 2.75) is 85.0 Å². The third-order valence-electron chi connectivity index (χ3n) is 3.28. The number of hydrogen-bond acceptors (Lipinski definition) is 1. The first kappa shape index (κ1) is 20.6. The van der Waals surface area contributed by atoms with E-state index in [1.54, 1.807) is 7.11 Å². The third kappa shape index (κ3) is 18.6. The van der Waals surface area contributed by atoms with Crippen LogP contribution in [0.5, 0.6) is 0 Å². The predicted octanol–water partition coefficient (Wildman–Crippen LogP) is 6.00. The van der Waals surface area contributed by atoms with Crippen molar-refractivity contribution in [2.24, 2.45) is 5.41 Å². The van der Waals surface area contributed by atoms with Gasteiger partial charge in [-0.25, -0.2) is 0 Å². The highest BCUT2D eigenvalue weighted by Crippen LogP contribution is 2.22. The molecule has 0 rings (SSSR count). The minimum absolute atomic E-state index is 0. The van der Waals surface area contributed by atoms with Crippen molar-refractivity contribution in [2.75, 3.05) is 13.7 Å². The molecule has 0 heterocycles. The highest BCUT2D eigenvalue weighted by Gasteiger charge is 2.08. The second kappa shape index (κ2) is 13.7. The number of unbranched alkanes of at least 4 members (excludes halogenated alkanes) is 8. The average Bonchev–Trinajstić information content (AvgIpc) is 2.24. The minimum atomic E-state index is 0. The first-order chi connectivity index (χ1) is 8.06. The summed E-state index contributed by atoms with van der Waals surface area (Å²) < 4.78 is 5.04. The van der Waals surface area contributed by atoms with Gasteiger partial charge in [-0.15, -0.1) is 12.4 Å². The Hall–Kier alpha value is 0.250. The van der Waals surface area contributed by atoms with Gasteiger partial charge >= 0.3 is 0 Å². The molecule has 0 atom stereocenters. The molecule has 0 unspecified atom stereocenters. The lowest BCUT2D eigenvalue weighted by atomic mass is 9.89. The molecule has 0 amide bonds. The van der Waals surface area contributed by atoms with Crippen molar-refractivity contribution in [1.82, 2.24) is 0 Å². The molecule has 112 valence electrons. The number of ether oxygens (including phenoxy) is 1. The van der Waals surface area contributed by atoms with Crippen LogP contribution >= 0.6 is 12.4 Å². The second-order valence-electron chi connectivity index (χ2n) is 6.49. The Kier molecular flexibility index (Phi) is 15.6. The van der Waals surface area contributed by atoms with Crippen molar-refractivity contribution >= 4 is 12.4 Å². The molecule has 0 aliphatic carbocycles. The molecular formula is C16H35ClO. The fourth-order valence-corrected chi connectivity index (χ4v) is 2.14. The summed E-state index contributed by atoms with van der Waals surface area (Å²) in [4.78, 5) is 0. The topological polar surface area (TPSA) is 9.23 Å². The maximum absolute atomic E-state index is 5.04. The molecule has 0 aromatic rings. The Morgan fingerprint density at radius 2 is 1.06 bits per heavy atom. The van der Waals surface area contributed by atoms with E-state index in [9.17, 15) is 0 Å². The molecule has 0 aliphatic heterocycles. The molecule has 0 aromatic carbocycles. The summed E-state index contributed by atoms with van der Waals surface area (Å²) in [6.45, 7) is 7.96. The average molecular weight is 279 g/mol. The summed E-state index contributed by atoms with van der Waals surface area (Å²) in [7, 11) is 1.79. The summed E-state index contributed by atoms with van der Waals surface area (Å²) in [5.41, 5.74) is 0.529. The summed E-state index contributed by atoms with van der Waals surface area (Å²) in [6.07, 6.45) is 13.9. The summed E-state index contributed by atoms with van der Waals surface area (Å²) in [5, 5.41) is 0. The fraction of sp³-hybridized carbons (Fsp3) is 1.00. The second-order valence-corrected chi connectivity index (χ2v) is 6.49. The van der Waals surface area contributed by atoms with E-state index in [1.165, 1.54) is 64.2 Å². The molecule has 0 spiro atoms. The Balaban J connectivity index is 0. The molecule has 0 bridgehead atoms. The predicted molar refractivity (Wildman–Crippen MR) is 84.7 cm³/mol. The molecule has 0 N–H and O–H groups in total. The van der Waals surface area contributed by atoms with Crippen molar-refractivity contribution in [3.8, 4) is 0 Å². The van der Waals surface area contributed by atoms with Gasteiger partial charge in [0.05, 0.1) is 0 Å². The number of rotatable bonds is 11. The van der Waals surface area contributed by atoms with Crippen LogP contribution < -0.4 is 0 Å². The van der Waals surface area contributed by atoms with Gasteiger partial charge < -0.3 is 4.74 Å². The van der Waals surface area contributed by atoms with E-state index in [2.05, 4.69) is 20.8 Å². The lowest BCUT2D eigenvalue weighted by molar-refractivity contribution is 0.192. The molecule has 0 fully saturated rings. The summed E-state index contributed by atoms with van der Waals surface area (Å²) >= 11 is 0. The van der Waals surface area contributed by atoms with Gasteiger partial charge in [-0.3, -0.25) is 0 Å². The zero-order valence-electron chi connectivity index (χ0n) is 13.1. The maximum Gasteiger partial charge on any atom is 0.0462 e. The van der Waals surface area contributed by atoms with E-state index in [4.69, 9.17) is 4.74 Å².